The summed E-state index contributed by atoms with van der Waals surface area (Å²) >= 11 is 3.37. The summed E-state index contributed by atoms with van der Waals surface area (Å²) in [6, 6.07) is 7.62. The van der Waals surface area contributed by atoms with Crippen LogP contribution in [-0.2, 0) is 16.3 Å². The molecule has 2 rings (SSSR count). The number of sulfone groups is 1. The van der Waals surface area contributed by atoms with Crippen molar-refractivity contribution < 1.29 is 13.5 Å². The topological polar surface area (TPSA) is 54.4 Å². The molecule has 0 amide bonds. The van der Waals surface area contributed by atoms with E-state index in [4.69, 9.17) is 0 Å². The maximum Gasteiger partial charge on any atom is 0.155 e. The summed E-state index contributed by atoms with van der Waals surface area (Å²) in [4.78, 5) is 0. The van der Waals surface area contributed by atoms with Gasteiger partial charge >= 0.3 is 0 Å². The van der Waals surface area contributed by atoms with Crippen LogP contribution in [0.1, 0.15) is 24.8 Å². The molecule has 18 heavy (non-hydrogen) atoms. The quantitative estimate of drug-likeness (QED) is 0.924. The Bertz CT molecular complexity index is 513. The van der Waals surface area contributed by atoms with Crippen molar-refractivity contribution in [3.8, 4) is 0 Å². The second kappa shape index (κ2) is 5.72. The molecule has 100 valence electrons. The van der Waals surface area contributed by atoms with Crippen molar-refractivity contribution in [2.75, 3.05) is 5.75 Å². The van der Waals surface area contributed by atoms with Gasteiger partial charge in [0.1, 0.15) is 0 Å². The maximum atomic E-state index is 11.9. The number of hydrogen-bond acceptors (Lipinski definition) is 3. The van der Waals surface area contributed by atoms with Crippen LogP contribution in [0.4, 0.5) is 0 Å². The molecule has 1 aliphatic rings. The van der Waals surface area contributed by atoms with E-state index in [0.29, 0.717) is 12.8 Å². The molecule has 0 radical (unpaired) electrons. The second-order valence-corrected chi connectivity index (χ2v) is 8.06. The van der Waals surface area contributed by atoms with Gasteiger partial charge in [-0.15, -0.1) is 0 Å². The van der Waals surface area contributed by atoms with Gasteiger partial charge in [0.05, 0.1) is 17.1 Å². The summed E-state index contributed by atoms with van der Waals surface area (Å²) in [5.41, 5.74) is 0.956. The molecule has 2 unspecified atom stereocenters. The fourth-order valence-electron chi connectivity index (χ4n) is 2.45. The average molecular weight is 333 g/mol. The van der Waals surface area contributed by atoms with Crippen molar-refractivity contribution in [3.05, 3.63) is 34.3 Å². The lowest BCUT2D eigenvalue weighted by Crippen LogP contribution is -2.39. The highest BCUT2D eigenvalue weighted by Crippen LogP contribution is 2.24. The zero-order valence-corrected chi connectivity index (χ0v) is 12.5. The van der Waals surface area contributed by atoms with Gasteiger partial charge in [0.2, 0.25) is 0 Å². The Hall–Kier alpha value is -0.390. The van der Waals surface area contributed by atoms with Gasteiger partial charge in [-0.1, -0.05) is 34.5 Å². The largest absolute Gasteiger partial charge is 0.391 e. The summed E-state index contributed by atoms with van der Waals surface area (Å²) in [7, 11) is -3.11. The standard InChI is InChI=1S/C13H17BrO3S/c14-11-5-3-4-10(8-11)9-12(15)13-6-1-2-7-18(13,16)17/h3-5,8,12-13,15H,1-2,6-7,9H2. The Morgan fingerprint density at radius 2 is 2.17 bits per heavy atom. The molecule has 1 aliphatic heterocycles. The number of aliphatic hydroxyl groups excluding tert-OH is 1. The third-order valence-corrected chi connectivity index (χ3v) is 6.22. The monoisotopic (exact) mass is 332 g/mol. The number of benzene rings is 1. The third-order valence-electron chi connectivity index (χ3n) is 3.39. The lowest BCUT2D eigenvalue weighted by Gasteiger charge is -2.26. The van der Waals surface area contributed by atoms with Crippen LogP contribution in [0.5, 0.6) is 0 Å². The molecule has 0 saturated carbocycles. The van der Waals surface area contributed by atoms with Gasteiger partial charge in [-0.2, -0.15) is 0 Å². The van der Waals surface area contributed by atoms with E-state index in [1.165, 1.54) is 0 Å². The minimum atomic E-state index is -3.11. The van der Waals surface area contributed by atoms with E-state index in [9.17, 15) is 13.5 Å². The van der Waals surface area contributed by atoms with E-state index in [-0.39, 0.29) is 5.75 Å². The van der Waals surface area contributed by atoms with E-state index in [1.54, 1.807) is 0 Å². The first kappa shape index (κ1) is 14.0. The Morgan fingerprint density at radius 1 is 1.39 bits per heavy atom. The van der Waals surface area contributed by atoms with Gasteiger partial charge < -0.3 is 5.11 Å². The summed E-state index contributed by atoms with van der Waals surface area (Å²) in [6.45, 7) is 0. The highest BCUT2D eigenvalue weighted by molar-refractivity contribution is 9.10. The molecule has 0 bridgehead atoms. The first-order valence-corrected chi connectivity index (χ1v) is 8.64. The van der Waals surface area contributed by atoms with E-state index >= 15 is 0 Å². The second-order valence-electron chi connectivity index (χ2n) is 4.80. The van der Waals surface area contributed by atoms with Gasteiger partial charge in [0, 0.05) is 4.47 Å². The van der Waals surface area contributed by atoms with Gasteiger partial charge in [-0.25, -0.2) is 8.42 Å². The Labute approximate surface area is 116 Å². The van der Waals surface area contributed by atoms with E-state index < -0.39 is 21.2 Å². The number of aliphatic hydroxyl groups is 1. The van der Waals surface area contributed by atoms with Gasteiger partial charge in [0.15, 0.2) is 9.84 Å². The molecular weight excluding hydrogens is 316 g/mol. The minimum absolute atomic E-state index is 0.215. The van der Waals surface area contributed by atoms with Crippen LogP contribution in [0.25, 0.3) is 0 Å². The molecule has 1 heterocycles. The first-order chi connectivity index (χ1) is 8.49. The fourth-order valence-corrected chi connectivity index (χ4v) is 4.90. The van der Waals surface area contributed by atoms with Gasteiger partial charge in [0.25, 0.3) is 0 Å². The number of hydrogen-bond donors (Lipinski definition) is 1. The first-order valence-electron chi connectivity index (χ1n) is 6.13. The van der Waals surface area contributed by atoms with Gasteiger partial charge in [-0.05, 0) is 37.0 Å². The van der Waals surface area contributed by atoms with Crippen LogP contribution >= 0.6 is 15.9 Å². The minimum Gasteiger partial charge on any atom is -0.391 e. The van der Waals surface area contributed by atoms with E-state index in [1.807, 2.05) is 24.3 Å². The van der Waals surface area contributed by atoms with Crippen LogP contribution in [0.3, 0.4) is 0 Å². The summed E-state index contributed by atoms with van der Waals surface area (Å²) in [5.74, 6) is 0.215. The SMILES string of the molecule is O=S1(=O)CCCCC1C(O)Cc1cccc(Br)c1. The van der Waals surface area contributed by atoms with Crippen molar-refractivity contribution in [1.82, 2.24) is 0 Å². The zero-order valence-electron chi connectivity index (χ0n) is 10.0. The summed E-state index contributed by atoms with van der Waals surface area (Å²) in [6.07, 6.45) is 1.78. The number of halogens is 1. The van der Waals surface area contributed by atoms with Crippen molar-refractivity contribution >= 4 is 25.8 Å². The molecule has 1 N–H and O–H groups in total. The van der Waals surface area contributed by atoms with Crippen molar-refractivity contribution in [2.45, 2.75) is 37.0 Å². The van der Waals surface area contributed by atoms with Gasteiger partial charge in [-0.3, -0.25) is 0 Å². The molecule has 1 saturated heterocycles. The van der Waals surface area contributed by atoms with Crippen molar-refractivity contribution in [3.63, 3.8) is 0 Å². The Balaban J connectivity index is 2.09. The highest BCUT2D eigenvalue weighted by Gasteiger charge is 2.34. The third kappa shape index (κ3) is 3.33. The van der Waals surface area contributed by atoms with Crippen molar-refractivity contribution in [2.24, 2.45) is 0 Å². The molecule has 2 atom stereocenters. The molecule has 1 aromatic carbocycles. The molecule has 0 spiro atoms. The Morgan fingerprint density at radius 3 is 2.83 bits per heavy atom. The molecule has 5 heteroatoms. The molecule has 1 aromatic rings. The van der Waals surface area contributed by atoms with Crippen LogP contribution < -0.4 is 0 Å². The average Bonchev–Trinajstić information content (AvgIpc) is 2.28. The maximum absolute atomic E-state index is 11.9. The lowest BCUT2D eigenvalue weighted by molar-refractivity contribution is 0.162. The van der Waals surface area contributed by atoms with E-state index in [2.05, 4.69) is 15.9 Å². The fraction of sp³-hybridized carbons (Fsp3) is 0.538. The predicted octanol–water partition coefficient (Wildman–Crippen LogP) is 2.32. The van der Waals surface area contributed by atoms with Crippen LogP contribution in [0.15, 0.2) is 28.7 Å². The molecule has 1 fully saturated rings. The molecular formula is C13H17BrO3S. The lowest BCUT2D eigenvalue weighted by atomic mass is 10.0. The number of rotatable bonds is 3. The predicted molar refractivity (Wildman–Crippen MR) is 75.3 cm³/mol. The van der Waals surface area contributed by atoms with Crippen LogP contribution in [-0.4, -0.2) is 30.6 Å². The van der Waals surface area contributed by atoms with Crippen LogP contribution in [0, 0.1) is 0 Å². The zero-order chi connectivity index (χ0) is 13.2. The molecule has 0 aliphatic carbocycles. The smallest absolute Gasteiger partial charge is 0.155 e. The van der Waals surface area contributed by atoms with E-state index in [0.717, 1.165) is 22.9 Å². The van der Waals surface area contributed by atoms with Crippen molar-refractivity contribution in [1.29, 1.82) is 0 Å². The molecule has 0 aromatic heterocycles. The Kier molecular flexibility index (Phi) is 4.45. The normalized spacial score (nSPS) is 24.7. The molecule has 3 nitrogen and oxygen atoms in total. The summed E-state index contributed by atoms with van der Waals surface area (Å²) < 4.78 is 24.8. The summed E-state index contributed by atoms with van der Waals surface area (Å²) in [5, 5.41) is 9.57. The highest BCUT2D eigenvalue weighted by atomic mass is 79.9. The van der Waals surface area contributed by atoms with Crippen LogP contribution in [0.2, 0.25) is 0 Å².